The first kappa shape index (κ1) is 10.8. The van der Waals surface area contributed by atoms with E-state index in [9.17, 15) is 4.79 Å². The molecule has 0 aliphatic heterocycles. The highest BCUT2D eigenvalue weighted by molar-refractivity contribution is 5.94. The Kier molecular flexibility index (Phi) is 2.44. The van der Waals surface area contributed by atoms with Crippen molar-refractivity contribution in [3.8, 4) is 0 Å². The van der Waals surface area contributed by atoms with E-state index in [4.69, 9.17) is 5.73 Å². The van der Waals surface area contributed by atoms with Gasteiger partial charge in [0, 0.05) is 17.6 Å². The van der Waals surface area contributed by atoms with Crippen molar-refractivity contribution in [2.45, 2.75) is 37.8 Å². The van der Waals surface area contributed by atoms with E-state index in [1.807, 2.05) is 30.3 Å². The summed E-state index contributed by atoms with van der Waals surface area (Å²) in [5.41, 5.74) is 7.04. The second-order valence-electron chi connectivity index (χ2n) is 5.61. The second kappa shape index (κ2) is 3.84. The number of amides is 1. The SMILES string of the molecule is NC1CC2(C1)CC(NC(=O)c1ccccc1)C2. The molecular weight excluding hydrogens is 212 g/mol. The van der Waals surface area contributed by atoms with E-state index in [-0.39, 0.29) is 5.91 Å². The van der Waals surface area contributed by atoms with Gasteiger partial charge in [0.05, 0.1) is 0 Å². The zero-order chi connectivity index (χ0) is 11.9. The third kappa shape index (κ3) is 1.95. The maximum Gasteiger partial charge on any atom is 0.251 e. The Labute approximate surface area is 101 Å². The summed E-state index contributed by atoms with van der Waals surface area (Å²) >= 11 is 0. The van der Waals surface area contributed by atoms with Gasteiger partial charge in [-0.3, -0.25) is 4.79 Å². The van der Waals surface area contributed by atoms with Gasteiger partial charge in [0.25, 0.3) is 5.91 Å². The average molecular weight is 230 g/mol. The Morgan fingerprint density at radius 3 is 2.41 bits per heavy atom. The number of nitrogens with one attached hydrogen (secondary N) is 1. The minimum absolute atomic E-state index is 0.0501. The lowest BCUT2D eigenvalue weighted by Crippen LogP contribution is -2.59. The van der Waals surface area contributed by atoms with Gasteiger partial charge in [-0.15, -0.1) is 0 Å². The van der Waals surface area contributed by atoms with Crippen molar-refractivity contribution in [2.75, 3.05) is 0 Å². The number of benzene rings is 1. The summed E-state index contributed by atoms with van der Waals surface area (Å²) in [6.45, 7) is 0. The van der Waals surface area contributed by atoms with Crippen molar-refractivity contribution < 1.29 is 4.79 Å². The Balaban J connectivity index is 1.52. The fourth-order valence-corrected chi connectivity index (χ4v) is 3.33. The third-order valence-corrected chi connectivity index (χ3v) is 4.12. The van der Waals surface area contributed by atoms with E-state index in [2.05, 4.69) is 5.32 Å². The standard InChI is InChI=1S/C14H18N2O/c15-11-6-14(7-11)8-12(9-14)16-13(17)10-4-2-1-3-5-10/h1-5,11-12H,6-9,15H2,(H,16,17). The highest BCUT2D eigenvalue weighted by Gasteiger charge is 2.51. The van der Waals surface area contributed by atoms with Gasteiger partial charge in [-0.25, -0.2) is 0 Å². The maximum atomic E-state index is 11.9. The van der Waals surface area contributed by atoms with Crippen LogP contribution in [0.3, 0.4) is 0 Å². The van der Waals surface area contributed by atoms with E-state index in [0.29, 0.717) is 17.5 Å². The third-order valence-electron chi connectivity index (χ3n) is 4.12. The van der Waals surface area contributed by atoms with Crippen LogP contribution in [0.4, 0.5) is 0 Å². The molecule has 0 bridgehead atoms. The van der Waals surface area contributed by atoms with Crippen LogP contribution in [0, 0.1) is 5.41 Å². The molecule has 0 atom stereocenters. The summed E-state index contributed by atoms with van der Waals surface area (Å²) in [6.07, 6.45) is 4.51. The number of carbonyl (C=O) groups excluding carboxylic acids is 1. The minimum atomic E-state index is 0.0501. The lowest BCUT2D eigenvalue weighted by atomic mass is 9.52. The number of nitrogens with two attached hydrogens (primary N) is 1. The molecule has 1 amide bonds. The Morgan fingerprint density at radius 1 is 1.18 bits per heavy atom. The zero-order valence-corrected chi connectivity index (χ0v) is 9.86. The van der Waals surface area contributed by atoms with E-state index in [1.54, 1.807) is 0 Å². The first-order valence-electron chi connectivity index (χ1n) is 6.28. The van der Waals surface area contributed by atoms with Gasteiger partial charge < -0.3 is 11.1 Å². The molecule has 3 rings (SSSR count). The van der Waals surface area contributed by atoms with Crippen LogP contribution in [-0.2, 0) is 0 Å². The van der Waals surface area contributed by atoms with Crippen LogP contribution < -0.4 is 11.1 Å². The zero-order valence-electron chi connectivity index (χ0n) is 9.86. The van der Waals surface area contributed by atoms with Crippen molar-refractivity contribution in [1.82, 2.24) is 5.32 Å². The van der Waals surface area contributed by atoms with Crippen molar-refractivity contribution in [3.63, 3.8) is 0 Å². The summed E-state index contributed by atoms with van der Waals surface area (Å²) in [4.78, 5) is 11.9. The Morgan fingerprint density at radius 2 is 1.82 bits per heavy atom. The summed E-state index contributed by atoms with van der Waals surface area (Å²) in [5.74, 6) is 0.0501. The number of rotatable bonds is 2. The molecule has 0 unspecified atom stereocenters. The van der Waals surface area contributed by atoms with E-state index < -0.39 is 0 Å². The lowest BCUT2D eigenvalue weighted by molar-refractivity contribution is -0.0159. The summed E-state index contributed by atoms with van der Waals surface area (Å²) in [6, 6.07) is 10.2. The van der Waals surface area contributed by atoms with Gasteiger partial charge in [0.2, 0.25) is 0 Å². The molecule has 0 heterocycles. The summed E-state index contributed by atoms with van der Waals surface area (Å²) in [5, 5.41) is 3.09. The lowest BCUT2D eigenvalue weighted by Gasteiger charge is -2.57. The summed E-state index contributed by atoms with van der Waals surface area (Å²) in [7, 11) is 0. The van der Waals surface area contributed by atoms with Gasteiger partial charge in [0.15, 0.2) is 0 Å². The van der Waals surface area contributed by atoms with Crippen LogP contribution in [0.25, 0.3) is 0 Å². The van der Waals surface area contributed by atoms with Gasteiger partial charge in [0.1, 0.15) is 0 Å². The minimum Gasteiger partial charge on any atom is -0.349 e. The molecule has 3 nitrogen and oxygen atoms in total. The molecule has 1 aromatic rings. The molecule has 0 radical (unpaired) electrons. The molecule has 17 heavy (non-hydrogen) atoms. The molecule has 3 N–H and O–H groups in total. The number of hydrogen-bond donors (Lipinski definition) is 2. The van der Waals surface area contributed by atoms with E-state index in [1.165, 1.54) is 0 Å². The smallest absolute Gasteiger partial charge is 0.251 e. The molecule has 1 spiro atoms. The monoisotopic (exact) mass is 230 g/mol. The van der Waals surface area contributed by atoms with Crippen molar-refractivity contribution in [1.29, 1.82) is 0 Å². The van der Waals surface area contributed by atoms with Crippen molar-refractivity contribution in [2.24, 2.45) is 11.1 Å². The van der Waals surface area contributed by atoms with Crippen LogP contribution in [0.1, 0.15) is 36.0 Å². The van der Waals surface area contributed by atoms with Crippen LogP contribution in [-0.4, -0.2) is 18.0 Å². The van der Waals surface area contributed by atoms with Gasteiger partial charge >= 0.3 is 0 Å². The first-order valence-corrected chi connectivity index (χ1v) is 6.28. The molecule has 2 aliphatic carbocycles. The molecule has 0 aromatic heterocycles. The molecule has 0 saturated heterocycles. The largest absolute Gasteiger partial charge is 0.349 e. The van der Waals surface area contributed by atoms with E-state index >= 15 is 0 Å². The van der Waals surface area contributed by atoms with Crippen molar-refractivity contribution in [3.05, 3.63) is 35.9 Å². The molecule has 2 aliphatic rings. The van der Waals surface area contributed by atoms with Crippen LogP contribution in [0.5, 0.6) is 0 Å². The number of carbonyl (C=O) groups is 1. The normalized spacial score (nSPS) is 34.9. The molecule has 1 aromatic carbocycles. The highest BCUT2D eigenvalue weighted by atomic mass is 16.1. The predicted octanol–water partition coefficient (Wildman–Crippen LogP) is 1.69. The van der Waals surface area contributed by atoms with Gasteiger partial charge in [-0.1, -0.05) is 18.2 Å². The molecule has 2 saturated carbocycles. The molecule has 2 fully saturated rings. The van der Waals surface area contributed by atoms with Crippen LogP contribution >= 0.6 is 0 Å². The molecule has 3 heteroatoms. The Hall–Kier alpha value is -1.35. The fourth-order valence-electron chi connectivity index (χ4n) is 3.33. The quantitative estimate of drug-likeness (QED) is 0.812. The topological polar surface area (TPSA) is 55.1 Å². The second-order valence-corrected chi connectivity index (χ2v) is 5.61. The molecular formula is C14H18N2O. The van der Waals surface area contributed by atoms with Crippen LogP contribution in [0.2, 0.25) is 0 Å². The Bertz CT molecular complexity index is 415. The number of hydrogen-bond acceptors (Lipinski definition) is 2. The highest BCUT2D eigenvalue weighted by Crippen LogP contribution is 2.55. The molecule has 90 valence electrons. The van der Waals surface area contributed by atoms with Crippen LogP contribution in [0.15, 0.2) is 30.3 Å². The maximum absolute atomic E-state index is 11.9. The van der Waals surface area contributed by atoms with E-state index in [0.717, 1.165) is 31.2 Å². The first-order chi connectivity index (χ1) is 8.17. The average Bonchev–Trinajstić information content (AvgIpc) is 2.25. The van der Waals surface area contributed by atoms with Crippen molar-refractivity contribution >= 4 is 5.91 Å². The summed E-state index contributed by atoms with van der Waals surface area (Å²) < 4.78 is 0. The predicted molar refractivity (Wildman–Crippen MR) is 66.6 cm³/mol. The van der Waals surface area contributed by atoms with Gasteiger partial charge in [-0.05, 0) is 43.2 Å². The van der Waals surface area contributed by atoms with Gasteiger partial charge in [-0.2, -0.15) is 0 Å². The fraction of sp³-hybridized carbons (Fsp3) is 0.500.